The van der Waals surface area contributed by atoms with E-state index in [4.69, 9.17) is 0 Å². The number of piperidine rings is 1. The molecule has 0 spiro atoms. The molecule has 148 valence electrons. The summed E-state index contributed by atoms with van der Waals surface area (Å²) in [6.45, 7) is 4.37. The van der Waals surface area contributed by atoms with Gasteiger partial charge in [-0.15, -0.1) is 0 Å². The molecule has 0 saturated carbocycles. The van der Waals surface area contributed by atoms with E-state index in [0.717, 1.165) is 37.4 Å². The molecule has 8 heteroatoms. The Morgan fingerprint density at radius 3 is 2.64 bits per heavy atom. The third-order valence-corrected chi connectivity index (χ3v) is 6.53. The number of imide groups is 1. The van der Waals surface area contributed by atoms with Crippen molar-refractivity contribution in [2.75, 3.05) is 50.1 Å². The number of nitrogens with one attached hydrogen (secondary N) is 1. The number of carbonyl (C=O) groups excluding carboxylic acids is 3. The summed E-state index contributed by atoms with van der Waals surface area (Å²) < 4.78 is 0. The van der Waals surface area contributed by atoms with Gasteiger partial charge in [0.15, 0.2) is 0 Å². The summed E-state index contributed by atoms with van der Waals surface area (Å²) in [6.07, 6.45) is 0.667. The van der Waals surface area contributed by atoms with E-state index in [1.807, 2.05) is 6.07 Å². The van der Waals surface area contributed by atoms with E-state index < -0.39 is 6.04 Å². The van der Waals surface area contributed by atoms with Crippen LogP contribution in [0.5, 0.6) is 0 Å². The van der Waals surface area contributed by atoms with Crippen molar-refractivity contribution in [3.63, 3.8) is 0 Å². The third kappa shape index (κ3) is 2.51. The molecule has 8 nitrogen and oxygen atoms in total. The van der Waals surface area contributed by atoms with Crippen LogP contribution in [-0.2, 0) is 16.1 Å². The van der Waals surface area contributed by atoms with E-state index in [1.54, 1.807) is 4.90 Å². The molecule has 2 saturated heterocycles. The number of anilines is 2. The molecule has 0 aliphatic carbocycles. The summed E-state index contributed by atoms with van der Waals surface area (Å²) in [7, 11) is 4.25. The number of benzene rings is 1. The molecule has 1 aromatic rings. The zero-order valence-corrected chi connectivity index (χ0v) is 16.3. The molecule has 28 heavy (non-hydrogen) atoms. The van der Waals surface area contributed by atoms with Crippen molar-refractivity contribution < 1.29 is 14.4 Å². The average molecular weight is 383 g/mol. The first-order chi connectivity index (χ1) is 13.4. The molecule has 4 heterocycles. The maximum atomic E-state index is 13.1. The fraction of sp³-hybridized carbons (Fsp3) is 0.550. The van der Waals surface area contributed by atoms with Gasteiger partial charge in [0.25, 0.3) is 5.91 Å². The lowest BCUT2D eigenvalue weighted by Crippen LogP contribution is -2.58. The van der Waals surface area contributed by atoms with Crippen LogP contribution in [0.4, 0.5) is 11.4 Å². The minimum atomic E-state index is -0.571. The number of carbonyl (C=O) groups is 3. The topological polar surface area (TPSA) is 76.2 Å². The lowest BCUT2D eigenvalue weighted by Gasteiger charge is -2.48. The van der Waals surface area contributed by atoms with Crippen molar-refractivity contribution in [3.05, 3.63) is 23.3 Å². The molecule has 5 rings (SSSR count). The van der Waals surface area contributed by atoms with E-state index in [0.29, 0.717) is 24.6 Å². The molecule has 1 aromatic carbocycles. The van der Waals surface area contributed by atoms with Crippen LogP contribution in [0.1, 0.15) is 28.8 Å². The van der Waals surface area contributed by atoms with Gasteiger partial charge in [0.2, 0.25) is 11.8 Å². The number of likely N-dealkylation sites (N-methyl/N-ethyl adjacent to an activating group) is 2. The lowest BCUT2D eigenvalue weighted by molar-refractivity contribution is -0.136. The zero-order chi connectivity index (χ0) is 19.6. The maximum absolute atomic E-state index is 13.1. The number of nitrogens with zero attached hydrogens (tertiary/aromatic N) is 4. The monoisotopic (exact) mass is 383 g/mol. The molecule has 2 atom stereocenters. The number of rotatable bonds is 1. The van der Waals surface area contributed by atoms with Gasteiger partial charge in [-0.2, -0.15) is 0 Å². The highest BCUT2D eigenvalue weighted by Gasteiger charge is 2.43. The van der Waals surface area contributed by atoms with E-state index in [2.05, 4.69) is 40.2 Å². The second-order valence-corrected chi connectivity index (χ2v) is 8.35. The van der Waals surface area contributed by atoms with Crippen molar-refractivity contribution in [1.82, 2.24) is 15.1 Å². The highest BCUT2D eigenvalue weighted by molar-refractivity contribution is 6.07. The maximum Gasteiger partial charge on any atom is 0.255 e. The molecule has 1 unspecified atom stereocenters. The molecule has 1 N–H and O–H groups in total. The van der Waals surface area contributed by atoms with Crippen LogP contribution in [0.2, 0.25) is 0 Å². The van der Waals surface area contributed by atoms with Gasteiger partial charge >= 0.3 is 0 Å². The SMILES string of the molecule is CN1CCN2c3ccc4c(c3N(C)C[C@@H]2C1)CN(C1CCC(=O)NC1=O)C4=O. The second-order valence-electron chi connectivity index (χ2n) is 8.35. The Bertz CT molecular complexity index is 885. The van der Waals surface area contributed by atoms with Gasteiger partial charge in [0.05, 0.1) is 17.4 Å². The highest BCUT2D eigenvalue weighted by atomic mass is 16.2. The summed E-state index contributed by atoms with van der Waals surface area (Å²) in [5.41, 5.74) is 3.99. The van der Waals surface area contributed by atoms with Gasteiger partial charge in [-0.1, -0.05) is 0 Å². The van der Waals surface area contributed by atoms with Crippen molar-refractivity contribution in [2.45, 2.75) is 31.5 Å². The number of hydrogen-bond donors (Lipinski definition) is 1. The Morgan fingerprint density at radius 1 is 1.04 bits per heavy atom. The molecule has 4 aliphatic heterocycles. The van der Waals surface area contributed by atoms with Crippen LogP contribution < -0.4 is 15.1 Å². The first-order valence-corrected chi connectivity index (χ1v) is 9.91. The Kier molecular flexibility index (Phi) is 3.87. The van der Waals surface area contributed by atoms with Gasteiger partial charge < -0.3 is 19.6 Å². The van der Waals surface area contributed by atoms with E-state index in [-0.39, 0.29) is 24.1 Å². The summed E-state index contributed by atoms with van der Waals surface area (Å²) in [5.74, 6) is -0.733. The van der Waals surface area contributed by atoms with Crippen LogP contribution in [0, 0.1) is 0 Å². The highest BCUT2D eigenvalue weighted by Crippen LogP contribution is 2.43. The van der Waals surface area contributed by atoms with Crippen LogP contribution in [0.15, 0.2) is 12.1 Å². The first-order valence-electron chi connectivity index (χ1n) is 9.91. The summed E-state index contributed by atoms with van der Waals surface area (Å²) in [4.78, 5) is 45.6. The fourth-order valence-corrected chi connectivity index (χ4v) is 5.16. The Hall–Kier alpha value is -2.61. The van der Waals surface area contributed by atoms with Crippen LogP contribution in [0.3, 0.4) is 0 Å². The molecular formula is C20H25N5O3. The Morgan fingerprint density at radius 2 is 1.86 bits per heavy atom. The second kappa shape index (κ2) is 6.20. The molecule has 0 radical (unpaired) electrons. The molecular weight excluding hydrogens is 358 g/mol. The van der Waals surface area contributed by atoms with Crippen LogP contribution in [0.25, 0.3) is 0 Å². The Labute approximate surface area is 164 Å². The largest absolute Gasteiger partial charge is 0.371 e. The number of amides is 3. The van der Waals surface area contributed by atoms with Crippen molar-refractivity contribution in [1.29, 1.82) is 0 Å². The van der Waals surface area contributed by atoms with Crippen LogP contribution in [-0.4, -0.2) is 79.9 Å². The molecule has 0 bridgehead atoms. The first kappa shape index (κ1) is 17.5. The standard InChI is InChI=1S/C20H25N5O3/c1-22-7-8-24-12(9-22)10-23(2)18-14-11-25(16-5-6-17(26)21-19(16)27)20(28)13(14)3-4-15(18)24/h3-4,12,16H,5-11H2,1-2H3,(H,21,26,27)/t12-,16?/m0/s1. The Balaban J connectivity index is 1.50. The van der Waals surface area contributed by atoms with Crippen molar-refractivity contribution in [2.24, 2.45) is 0 Å². The molecule has 3 amide bonds. The summed E-state index contributed by atoms with van der Waals surface area (Å²) >= 11 is 0. The number of fused-ring (bicyclic) bond motifs is 5. The van der Waals surface area contributed by atoms with Gasteiger partial charge in [0, 0.05) is 57.3 Å². The minimum absolute atomic E-state index is 0.110. The van der Waals surface area contributed by atoms with E-state index >= 15 is 0 Å². The van der Waals surface area contributed by atoms with Gasteiger partial charge in [-0.25, -0.2) is 0 Å². The lowest BCUT2D eigenvalue weighted by atomic mass is 9.98. The normalized spacial score (nSPS) is 27.5. The fourth-order valence-electron chi connectivity index (χ4n) is 5.16. The zero-order valence-electron chi connectivity index (χ0n) is 16.3. The molecule has 4 aliphatic rings. The predicted molar refractivity (Wildman–Crippen MR) is 104 cm³/mol. The summed E-state index contributed by atoms with van der Waals surface area (Å²) in [5, 5.41) is 2.37. The van der Waals surface area contributed by atoms with Gasteiger partial charge in [-0.3, -0.25) is 19.7 Å². The van der Waals surface area contributed by atoms with E-state index in [9.17, 15) is 14.4 Å². The van der Waals surface area contributed by atoms with Crippen molar-refractivity contribution in [3.8, 4) is 0 Å². The third-order valence-electron chi connectivity index (χ3n) is 6.53. The smallest absolute Gasteiger partial charge is 0.255 e. The van der Waals surface area contributed by atoms with Crippen molar-refractivity contribution >= 4 is 29.1 Å². The summed E-state index contributed by atoms with van der Waals surface area (Å²) in [6, 6.07) is 3.85. The van der Waals surface area contributed by atoms with Crippen LogP contribution >= 0.6 is 0 Å². The van der Waals surface area contributed by atoms with Gasteiger partial charge in [0.1, 0.15) is 6.04 Å². The molecule has 2 fully saturated rings. The van der Waals surface area contributed by atoms with Gasteiger partial charge in [-0.05, 0) is 25.6 Å². The quantitative estimate of drug-likeness (QED) is 0.689. The average Bonchev–Trinajstić information content (AvgIpc) is 2.98. The minimum Gasteiger partial charge on any atom is -0.371 e. The number of piperazine rings is 1. The number of hydrogen-bond acceptors (Lipinski definition) is 6. The molecule has 0 aromatic heterocycles. The van der Waals surface area contributed by atoms with E-state index in [1.165, 1.54) is 5.69 Å². The predicted octanol–water partition coefficient (Wildman–Crippen LogP) is 0.0178.